The van der Waals surface area contributed by atoms with Crippen LogP contribution < -0.4 is 0 Å². The van der Waals surface area contributed by atoms with Gasteiger partial charge in [0, 0.05) is 17.1 Å². The van der Waals surface area contributed by atoms with Gasteiger partial charge in [-0.05, 0) is 30.9 Å². The summed E-state index contributed by atoms with van der Waals surface area (Å²) < 4.78 is 5.06. The summed E-state index contributed by atoms with van der Waals surface area (Å²) >= 11 is 1.81. The third-order valence-corrected chi connectivity index (χ3v) is 5.47. The molecule has 2 atom stereocenters. The van der Waals surface area contributed by atoms with Crippen LogP contribution >= 0.6 is 11.8 Å². The van der Waals surface area contributed by atoms with Crippen LogP contribution in [0.3, 0.4) is 0 Å². The van der Waals surface area contributed by atoms with Crippen LogP contribution in [-0.2, 0) is 14.3 Å². The zero-order valence-electron chi connectivity index (χ0n) is 10.8. The number of esters is 1. The molecule has 0 aliphatic carbocycles. The fourth-order valence-electron chi connectivity index (χ4n) is 3.03. The second-order valence-corrected chi connectivity index (χ2v) is 6.34. The van der Waals surface area contributed by atoms with E-state index in [9.17, 15) is 9.59 Å². The van der Waals surface area contributed by atoms with Gasteiger partial charge in [-0.1, -0.05) is 18.2 Å². The van der Waals surface area contributed by atoms with E-state index in [-0.39, 0.29) is 17.7 Å². The Bertz CT molecular complexity index is 540. The molecule has 1 saturated heterocycles. The highest BCUT2D eigenvalue weighted by Crippen LogP contribution is 2.47. The molecule has 0 spiro atoms. The van der Waals surface area contributed by atoms with Gasteiger partial charge in [0.2, 0.25) is 0 Å². The smallest absolute Gasteiger partial charge is 0.319 e. The molecule has 2 aliphatic heterocycles. The first-order valence-electron chi connectivity index (χ1n) is 6.53. The van der Waals surface area contributed by atoms with Gasteiger partial charge >= 0.3 is 5.97 Å². The highest BCUT2D eigenvalue weighted by Gasteiger charge is 2.50. The molecule has 2 heterocycles. The van der Waals surface area contributed by atoms with Gasteiger partial charge in [-0.2, -0.15) is 0 Å². The third kappa shape index (κ3) is 1.98. The van der Waals surface area contributed by atoms with Gasteiger partial charge in [-0.25, -0.2) is 0 Å². The van der Waals surface area contributed by atoms with Crippen LogP contribution in [0.25, 0.3) is 0 Å². The van der Waals surface area contributed by atoms with Crippen LogP contribution in [0.4, 0.5) is 0 Å². The Hall–Kier alpha value is -1.29. The molecule has 3 rings (SSSR count). The molecule has 0 bridgehead atoms. The van der Waals surface area contributed by atoms with Crippen LogP contribution in [0.15, 0.2) is 29.2 Å². The minimum Gasteiger partial charge on any atom is -0.465 e. The number of Topliss-reactive ketones (excluding diaryl/α,β-unsaturated/α-hetero) is 1. The molecule has 0 aromatic heterocycles. The summed E-state index contributed by atoms with van der Waals surface area (Å²) in [4.78, 5) is 25.2. The zero-order valence-corrected chi connectivity index (χ0v) is 11.7. The molecule has 3 nitrogen and oxygen atoms in total. The molecule has 0 amide bonds. The summed E-state index contributed by atoms with van der Waals surface area (Å²) in [6, 6.07) is 8.26. The van der Waals surface area contributed by atoms with Crippen LogP contribution in [0.1, 0.15) is 31.2 Å². The minimum atomic E-state index is -0.900. The summed E-state index contributed by atoms with van der Waals surface area (Å²) in [6.45, 7) is 1.89. The van der Waals surface area contributed by atoms with Crippen LogP contribution in [0.5, 0.6) is 0 Å². The van der Waals surface area contributed by atoms with E-state index in [1.165, 1.54) is 17.4 Å². The SMILES string of the molecule is CC(=O)C1(CC2CSc3ccccc32)CCOC1=O. The molecule has 1 aromatic carbocycles. The highest BCUT2D eigenvalue weighted by atomic mass is 32.2. The lowest BCUT2D eigenvalue weighted by Crippen LogP contribution is -2.35. The Labute approximate surface area is 116 Å². The molecular formula is C15H16O3S. The standard InChI is InChI=1S/C15H16O3S/c1-10(16)15(6-7-18-14(15)17)8-11-9-19-13-5-3-2-4-12(11)13/h2-5,11H,6-9H2,1H3. The average molecular weight is 276 g/mol. The molecule has 1 aromatic rings. The van der Waals surface area contributed by atoms with Gasteiger partial charge in [0.25, 0.3) is 0 Å². The quantitative estimate of drug-likeness (QED) is 0.629. The number of rotatable bonds is 3. The second kappa shape index (κ2) is 4.67. The number of carbonyl (C=O) groups is 2. The Morgan fingerprint density at radius 1 is 1.47 bits per heavy atom. The molecule has 1 fully saturated rings. The van der Waals surface area contributed by atoms with Crippen molar-refractivity contribution in [2.45, 2.75) is 30.6 Å². The lowest BCUT2D eigenvalue weighted by Gasteiger charge is -2.25. The molecule has 0 saturated carbocycles. The third-order valence-electron chi connectivity index (χ3n) is 4.22. The highest BCUT2D eigenvalue weighted by molar-refractivity contribution is 7.99. The zero-order chi connectivity index (χ0) is 13.5. The van der Waals surface area contributed by atoms with E-state index < -0.39 is 5.41 Å². The maximum atomic E-state index is 12.0. The van der Waals surface area contributed by atoms with E-state index in [1.807, 2.05) is 23.9 Å². The van der Waals surface area contributed by atoms with E-state index in [1.54, 1.807) is 0 Å². The van der Waals surface area contributed by atoms with Crippen LogP contribution in [-0.4, -0.2) is 24.1 Å². The van der Waals surface area contributed by atoms with Gasteiger partial charge in [-0.3, -0.25) is 9.59 Å². The maximum Gasteiger partial charge on any atom is 0.319 e. The van der Waals surface area contributed by atoms with Crippen molar-refractivity contribution >= 4 is 23.5 Å². The summed E-state index contributed by atoms with van der Waals surface area (Å²) in [5.41, 5.74) is 0.371. The number of cyclic esters (lactones) is 1. The Balaban J connectivity index is 1.89. The molecule has 0 radical (unpaired) electrons. The van der Waals surface area contributed by atoms with Crippen LogP contribution in [0, 0.1) is 5.41 Å². The normalized spacial score (nSPS) is 29.1. The van der Waals surface area contributed by atoms with Gasteiger partial charge in [-0.15, -0.1) is 11.8 Å². The molecule has 4 heteroatoms. The van der Waals surface area contributed by atoms with Gasteiger partial charge in [0.05, 0.1) is 6.61 Å². The lowest BCUT2D eigenvalue weighted by atomic mass is 9.74. The van der Waals surface area contributed by atoms with E-state index in [2.05, 4.69) is 12.1 Å². The van der Waals surface area contributed by atoms with Gasteiger partial charge in [0.15, 0.2) is 0 Å². The minimum absolute atomic E-state index is 0.0515. The predicted molar refractivity (Wildman–Crippen MR) is 73.2 cm³/mol. The molecule has 2 unspecified atom stereocenters. The predicted octanol–water partition coefficient (Wildman–Crippen LogP) is 2.79. The average Bonchev–Trinajstić information content (AvgIpc) is 2.96. The molecule has 100 valence electrons. The van der Waals surface area contributed by atoms with E-state index >= 15 is 0 Å². The van der Waals surface area contributed by atoms with Crippen molar-refractivity contribution < 1.29 is 14.3 Å². The number of hydrogen-bond donors (Lipinski definition) is 0. The van der Waals surface area contributed by atoms with E-state index in [0.717, 1.165) is 5.75 Å². The molecular weight excluding hydrogens is 260 g/mol. The first-order valence-corrected chi connectivity index (χ1v) is 7.52. The Morgan fingerprint density at radius 2 is 2.26 bits per heavy atom. The van der Waals surface area contributed by atoms with Crippen molar-refractivity contribution in [3.05, 3.63) is 29.8 Å². The molecule has 2 aliphatic rings. The van der Waals surface area contributed by atoms with Gasteiger partial charge < -0.3 is 4.74 Å². The first kappa shape index (κ1) is 12.7. The second-order valence-electron chi connectivity index (χ2n) is 5.27. The molecule has 19 heavy (non-hydrogen) atoms. The summed E-state index contributed by atoms with van der Waals surface area (Å²) in [5.74, 6) is 0.844. The van der Waals surface area contributed by atoms with Crippen molar-refractivity contribution in [3.8, 4) is 0 Å². The fraction of sp³-hybridized carbons (Fsp3) is 0.467. The van der Waals surface area contributed by atoms with Crippen molar-refractivity contribution in [2.24, 2.45) is 5.41 Å². The number of hydrogen-bond acceptors (Lipinski definition) is 4. The van der Waals surface area contributed by atoms with Gasteiger partial charge in [0.1, 0.15) is 11.2 Å². The summed E-state index contributed by atoms with van der Waals surface area (Å²) in [6.07, 6.45) is 1.12. The summed E-state index contributed by atoms with van der Waals surface area (Å²) in [7, 11) is 0. The largest absolute Gasteiger partial charge is 0.465 e. The Morgan fingerprint density at radius 3 is 2.95 bits per heavy atom. The lowest BCUT2D eigenvalue weighted by molar-refractivity contribution is -0.151. The van der Waals surface area contributed by atoms with Crippen molar-refractivity contribution in [1.29, 1.82) is 0 Å². The van der Waals surface area contributed by atoms with E-state index in [4.69, 9.17) is 4.74 Å². The first-order chi connectivity index (χ1) is 9.13. The maximum absolute atomic E-state index is 12.0. The van der Waals surface area contributed by atoms with Crippen molar-refractivity contribution in [2.75, 3.05) is 12.4 Å². The number of carbonyl (C=O) groups excluding carboxylic acids is 2. The van der Waals surface area contributed by atoms with Crippen LogP contribution in [0.2, 0.25) is 0 Å². The number of thioether (sulfide) groups is 1. The topological polar surface area (TPSA) is 43.4 Å². The number of ketones is 1. The fourth-order valence-corrected chi connectivity index (χ4v) is 4.28. The number of ether oxygens (including phenoxy) is 1. The number of benzene rings is 1. The monoisotopic (exact) mass is 276 g/mol. The summed E-state index contributed by atoms with van der Waals surface area (Å²) in [5, 5.41) is 0. The van der Waals surface area contributed by atoms with Crippen molar-refractivity contribution in [1.82, 2.24) is 0 Å². The Kier molecular flexibility index (Phi) is 3.13. The number of fused-ring (bicyclic) bond motifs is 1. The van der Waals surface area contributed by atoms with E-state index in [0.29, 0.717) is 19.4 Å². The van der Waals surface area contributed by atoms with Crippen molar-refractivity contribution in [3.63, 3.8) is 0 Å². The molecule has 0 N–H and O–H groups in total.